The summed E-state index contributed by atoms with van der Waals surface area (Å²) in [6.07, 6.45) is 0.378. The number of ether oxygens (including phenoxy) is 1. The predicted octanol–water partition coefficient (Wildman–Crippen LogP) is 3.58. The van der Waals surface area contributed by atoms with Crippen molar-refractivity contribution in [3.8, 4) is 11.8 Å². The first-order chi connectivity index (χ1) is 12.0. The van der Waals surface area contributed by atoms with Crippen molar-refractivity contribution >= 4 is 22.2 Å². The number of nitrogens with zero attached hydrogens (tertiary/aromatic N) is 2. The summed E-state index contributed by atoms with van der Waals surface area (Å²) in [6.45, 7) is 6.05. The fourth-order valence-electron chi connectivity index (χ4n) is 2.42. The number of nitrogens with one attached hydrogen (secondary N) is 1. The summed E-state index contributed by atoms with van der Waals surface area (Å²) in [5.41, 5.74) is 2.88. The lowest BCUT2D eigenvalue weighted by Crippen LogP contribution is -2.28. The third kappa shape index (κ3) is 6.22. The van der Waals surface area contributed by atoms with E-state index in [0.29, 0.717) is 30.1 Å². The number of amides is 1. The number of hydrogen-bond donors (Lipinski definition) is 1. The summed E-state index contributed by atoms with van der Waals surface area (Å²) in [5.74, 6) is 0.798. The number of thiophene rings is 1. The maximum atomic E-state index is 12.0. The van der Waals surface area contributed by atoms with Gasteiger partial charge in [0.05, 0.1) is 5.56 Å². The molecule has 1 aromatic carbocycles. The average molecular weight is 357 g/mol. The summed E-state index contributed by atoms with van der Waals surface area (Å²) in [4.78, 5) is 14.0. The second kappa shape index (κ2) is 9.21. The number of benzene rings is 1. The summed E-state index contributed by atoms with van der Waals surface area (Å²) in [7, 11) is 1.96. The van der Waals surface area contributed by atoms with E-state index < -0.39 is 0 Å². The molecule has 1 heterocycles. The molecule has 0 aliphatic rings. The maximum absolute atomic E-state index is 12.0. The van der Waals surface area contributed by atoms with Gasteiger partial charge in [-0.05, 0) is 55.6 Å². The van der Waals surface area contributed by atoms with Gasteiger partial charge in [-0.1, -0.05) is 6.07 Å². The molecule has 0 aliphatic heterocycles. The van der Waals surface area contributed by atoms with Crippen molar-refractivity contribution in [2.24, 2.45) is 0 Å². The van der Waals surface area contributed by atoms with Crippen LogP contribution in [0.25, 0.3) is 0 Å². The number of rotatable bonds is 8. The maximum Gasteiger partial charge on any atom is 0.226 e. The molecule has 132 valence electrons. The first-order valence-corrected chi connectivity index (χ1v) is 9.03. The Labute approximate surface area is 152 Å². The lowest BCUT2D eigenvalue weighted by Gasteiger charge is -2.17. The average Bonchev–Trinajstić information content (AvgIpc) is 2.99. The van der Waals surface area contributed by atoms with E-state index in [9.17, 15) is 4.79 Å². The molecule has 1 amide bonds. The Morgan fingerprint density at radius 3 is 2.68 bits per heavy atom. The second-order valence-corrected chi connectivity index (χ2v) is 6.96. The predicted molar refractivity (Wildman–Crippen MR) is 101 cm³/mol. The van der Waals surface area contributed by atoms with Crippen LogP contribution in [-0.2, 0) is 4.79 Å². The third-order valence-electron chi connectivity index (χ3n) is 3.70. The van der Waals surface area contributed by atoms with Crippen LogP contribution in [0.2, 0.25) is 0 Å². The molecular formula is C19H23N3O2S. The van der Waals surface area contributed by atoms with Crippen LogP contribution in [0.5, 0.6) is 5.75 Å². The first kappa shape index (κ1) is 19.0. The minimum absolute atomic E-state index is 0.0824. The number of hydrogen-bond acceptors (Lipinski definition) is 5. The Morgan fingerprint density at radius 1 is 1.28 bits per heavy atom. The summed E-state index contributed by atoms with van der Waals surface area (Å²) >= 11 is 1.36. The van der Waals surface area contributed by atoms with E-state index in [2.05, 4.69) is 36.2 Å². The Kier molecular flexibility index (Phi) is 6.99. The van der Waals surface area contributed by atoms with E-state index in [0.717, 1.165) is 12.3 Å². The van der Waals surface area contributed by atoms with Crippen LogP contribution < -0.4 is 10.1 Å². The third-order valence-corrected chi connectivity index (χ3v) is 4.53. The molecule has 0 unspecified atom stereocenters. The smallest absolute Gasteiger partial charge is 0.226 e. The molecule has 0 radical (unpaired) electrons. The van der Waals surface area contributed by atoms with Gasteiger partial charge in [-0.2, -0.15) is 5.26 Å². The first-order valence-electron chi connectivity index (χ1n) is 8.15. The molecular weight excluding hydrogens is 334 g/mol. The van der Waals surface area contributed by atoms with Gasteiger partial charge in [0.25, 0.3) is 0 Å². The van der Waals surface area contributed by atoms with Crippen molar-refractivity contribution in [1.29, 1.82) is 5.26 Å². The molecule has 0 saturated heterocycles. The lowest BCUT2D eigenvalue weighted by molar-refractivity contribution is -0.116. The highest BCUT2D eigenvalue weighted by Crippen LogP contribution is 2.22. The van der Waals surface area contributed by atoms with Gasteiger partial charge in [-0.25, -0.2) is 0 Å². The van der Waals surface area contributed by atoms with Crippen molar-refractivity contribution in [3.05, 3.63) is 46.3 Å². The monoisotopic (exact) mass is 357 g/mol. The Morgan fingerprint density at radius 2 is 2.00 bits per heavy atom. The zero-order chi connectivity index (χ0) is 18.2. The zero-order valence-corrected chi connectivity index (χ0v) is 15.7. The van der Waals surface area contributed by atoms with E-state index in [-0.39, 0.29) is 5.91 Å². The molecule has 25 heavy (non-hydrogen) atoms. The Balaban J connectivity index is 1.69. The standard InChI is InChI=1S/C19H23N3O2S/c1-14-10-15(2)12-17(11-14)24-8-7-22(3)6-4-18(23)21-19-16(13-20)5-9-25-19/h5,9-12H,4,6-8H2,1-3H3,(H,21,23). The second-order valence-electron chi connectivity index (χ2n) is 6.05. The quantitative estimate of drug-likeness (QED) is 0.784. The van der Waals surface area contributed by atoms with Gasteiger partial charge in [0.15, 0.2) is 0 Å². The minimum Gasteiger partial charge on any atom is -0.492 e. The van der Waals surface area contributed by atoms with Crippen LogP contribution in [0.3, 0.4) is 0 Å². The minimum atomic E-state index is -0.0824. The number of carbonyl (C=O) groups excluding carboxylic acids is 1. The molecule has 0 aliphatic carbocycles. The molecule has 6 heteroatoms. The van der Waals surface area contributed by atoms with Crippen LogP contribution in [0.4, 0.5) is 5.00 Å². The van der Waals surface area contributed by atoms with Crippen molar-refractivity contribution in [2.45, 2.75) is 20.3 Å². The molecule has 2 aromatic rings. The topological polar surface area (TPSA) is 65.4 Å². The Hall–Kier alpha value is -2.36. The van der Waals surface area contributed by atoms with Gasteiger partial charge in [-0.3, -0.25) is 4.79 Å². The van der Waals surface area contributed by atoms with Crippen LogP contribution >= 0.6 is 11.3 Å². The SMILES string of the molecule is Cc1cc(C)cc(OCCN(C)CCC(=O)Nc2sccc2C#N)c1. The van der Waals surface area contributed by atoms with E-state index >= 15 is 0 Å². The van der Waals surface area contributed by atoms with E-state index in [4.69, 9.17) is 10.00 Å². The largest absolute Gasteiger partial charge is 0.492 e. The summed E-state index contributed by atoms with van der Waals surface area (Å²) < 4.78 is 5.78. The fraction of sp³-hybridized carbons (Fsp3) is 0.368. The molecule has 1 N–H and O–H groups in total. The van der Waals surface area contributed by atoms with E-state index in [1.54, 1.807) is 11.4 Å². The van der Waals surface area contributed by atoms with E-state index in [1.807, 2.05) is 19.2 Å². The molecule has 0 bridgehead atoms. The molecule has 0 atom stereocenters. The summed E-state index contributed by atoms with van der Waals surface area (Å²) in [6, 6.07) is 9.93. The van der Waals surface area contributed by atoms with Crippen molar-refractivity contribution in [2.75, 3.05) is 32.1 Å². The van der Waals surface area contributed by atoms with Crippen LogP contribution in [0, 0.1) is 25.2 Å². The normalized spacial score (nSPS) is 10.5. The van der Waals surface area contributed by atoms with Crippen LogP contribution in [0.1, 0.15) is 23.1 Å². The van der Waals surface area contributed by atoms with Gasteiger partial charge >= 0.3 is 0 Å². The number of carbonyl (C=O) groups is 1. The van der Waals surface area contributed by atoms with Crippen LogP contribution in [-0.4, -0.2) is 37.6 Å². The van der Waals surface area contributed by atoms with E-state index in [1.165, 1.54) is 22.5 Å². The van der Waals surface area contributed by atoms with Crippen molar-refractivity contribution in [1.82, 2.24) is 4.90 Å². The lowest BCUT2D eigenvalue weighted by atomic mass is 10.1. The molecule has 0 fully saturated rings. The Bertz CT molecular complexity index is 744. The molecule has 0 spiro atoms. The van der Waals surface area contributed by atoms with Gasteiger partial charge in [0.1, 0.15) is 23.4 Å². The van der Waals surface area contributed by atoms with Gasteiger partial charge < -0.3 is 15.0 Å². The number of aryl methyl sites for hydroxylation is 2. The van der Waals surface area contributed by atoms with Crippen molar-refractivity contribution in [3.63, 3.8) is 0 Å². The number of anilines is 1. The van der Waals surface area contributed by atoms with Gasteiger partial charge in [-0.15, -0.1) is 11.3 Å². The molecule has 1 aromatic heterocycles. The fourth-order valence-corrected chi connectivity index (χ4v) is 3.18. The number of likely N-dealkylation sites (N-methyl/N-ethyl adjacent to an activating group) is 1. The highest BCUT2D eigenvalue weighted by atomic mass is 32.1. The summed E-state index contributed by atoms with van der Waals surface area (Å²) in [5, 5.41) is 14.2. The zero-order valence-electron chi connectivity index (χ0n) is 14.8. The number of nitriles is 1. The highest BCUT2D eigenvalue weighted by Gasteiger charge is 2.09. The molecule has 0 saturated carbocycles. The highest BCUT2D eigenvalue weighted by molar-refractivity contribution is 7.14. The molecule has 2 rings (SSSR count). The molecule has 5 nitrogen and oxygen atoms in total. The van der Waals surface area contributed by atoms with Crippen molar-refractivity contribution < 1.29 is 9.53 Å². The van der Waals surface area contributed by atoms with Crippen LogP contribution in [0.15, 0.2) is 29.6 Å². The van der Waals surface area contributed by atoms with Gasteiger partial charge in [0.2, 0.25) is 5.91 Å². The van der Waals surface area contributed by atoms with Gasteiger partial charge in [0, 0.05) is 19.5 Å².